The molecule has 6 heteroatoms. The minimum absolute atomic E-state index is 0.0890. The molecule has 0 aromatic heterocycles. The van der Waals surface area contributed by atoms with Crippen molar-refractivity contribution < 1.29 is 9.59 Å². The minimum atomic E-state index is -0.507. The first-order chi connectivity index (χ1) is 11.9. The molecule has 2 aromatic carbocycles. The van der Waals surface area contributed by atoms with Crippen LogP contribution in [0.15, 0.2) is 53.2 Å². The summed E-state index contributed by atoms with van der Waals surface area (Å²) in [5.74, 6) is -0.947. The summed E-state index contributed by atoms with van der Waals surface area (Å²) >= 11 is 8.39. The SMILES string of the molecule is CCc1ccccc1NC1=C(Cl)C(=O)N(c2ccc(I)cc2C)C1=O. The van der Waals surface area contributed by atoms with Crippen LogP contribution < -0.4 is 10.2 Å². The average Bonchev–Trinajstić information content (AvgIpc) is 2.80. The molecule has 2 amide bonds. The lowest BCUT2D eigenvalue weighted by Gasteiger charge is -2.18. The molecule has 128 valence electrons. The first kappa shape index (κ1) is 17.9. The lowest BCUT2D eigenvalue weighted by Crippen LogP contribution is -2.32. The Balaban J connectivity index is 1.97. The van der Waals surface area contributed by atoms with Gasteiger partial charge in [0.05, 0.1) is 5.69 Å². The molecule has 25 heavy (non-hydrogen) atoms. The maximum Gasteiger partial charge on any atom is 0.283 e. The monoisotopic (exact) mass is 466 g/mol. The van der Waals surface area contributed by atoms with Gasteiger partial charge in [-0.05, 0) is 71.3 Å². The molecule has 1 N–H and O–H groups in total. The van der Waals surface area contributed by atoms with Crippen molar-refractivity contribution >= 4 is 57.4 Å². The van der Waals surface area contributed by atoms with E-state index in [-0.39, 0.29) is 10.7 Å². The number of carbonyl (C=O) groups excluding carboxylic acids is 2. The van der Waals surface area contributed by atoms with Gasteiger partial charge in [-0.15, -0.1) is 0 Å². The van der Waals surface area contributed by atoms with Crippen molar-refractivity contribution in [2.75, 3.05) is 10.2 Å². The van der Waals surface area contributed by atoms with Crippen LogP contribution in [-0.2, 0) is 16.0 Å². The maximum absolute atomic E-state index is 12.9. The number of halogens is 2. The minimum Gasteiger partial charge on any atom is -0.349 e. The number of benzene rings is 2. The summed E-state index contributed by atoms with van der Waals surface area (Å²) in [6, 6.07) is 13.2. The fraction of sp³-hybridized carbons (Fsp3) is 0.158. The van der Waals surface area contributed by atoms with Crippen molar-refractivity contribution in [3.8, 4) is 0 Å². The van der Waals surface area contributed by atoms with Gasteiger partial charge in [0, 0.05) is 9.26 Å². The highest BCUT2D eigenvalue weighted by molar-refractivity contribution is 14.1. The zero-order chi connectivity index (χ0) is 18.1. The van der Waals surface area contributed by atoms with Crippen LogP contribution in [-0.4, -0.2) is 11.8 Å². The molecule has 1 aliphatic rings. The van der Waals surface area contributed by atoms with E-state index in [4.69, 9.17) is 11.6 Å². The Morgan fingerprint density at radius 1 is 1.12 bits per heavy atom. The third kappa shape index (κ3) is 3.30. The van der Waals surface area contributed by atoms with Crippen LogP contribution in [0, 0.1) is 10.5 Å². The normalized spacial score (nSPS) is 14.5. The van der Waals surface area contributed by atoms with Crippen molar-refractivity contribution in [2.45, 2.75) is 20.3 Å². The van der Waals surface area contributed by atoms with Gasteiger partial charge in [0.2, 0.25) is 0 Å². The average molecular weight is 467 g/mol. The smallest absolute Gasteiger partial charge is 0.283 e. The van der Waals surface area contributed by atoms with Crippen LogP contribution in [0.3, 0.4) is 0 Å². The molecule has 0 spiro atoms. The second kappa shape index (κ2) is 7.17. The number of nitrogens with zero attached hydrogens (tertiary/aromatic N) is 1. The molecule has 2 aromatic rings. The van der Waals surface area contributed by atoms with Gasteiger partial charge in [-0.2, -0.15) is 0 Å². The number of amides is 2. The Kier molecular flexibility index (Phi) is 5.15. The number of carbonyl (C=O) groups is 2. The summed E-state index contributed by atoms with van der Waals surface area (Å²) in [6.07, 6.45) is 0.802. The van der Waals surface area contributed by atoms with Crippen LogP contribution in [0.5, 0.6) is 0 Å². The van der Waals surface area contributed by atoms with E-state index in [1.54, 1.807) is 6.07 Å². The summed E-state index contributed by atoms with van der Waals surface area (Å²) in [6.45, 7) is 3.89. The Hall–Kier alpha value is -1.86. The predicted octanol–water partition coefficient (Wildman–Crippen LogP) is 4.60. The topological polar surface area (TPSA) is 49.4 Å². The molecule has 0 bridgehead atoms. The second-order valence-electron chi connectivity index (χ2n) is 5.70. The number of imide groups is 1. The van der Waals surface area contributed by atoms with Crippen LogP contribution in [0.4, 0.5) is 11.4 Å². The lowest BCUT2D eigenvalue weighted by atomic mass is 10.1. The summed E-state index contributed by atoms with van der Waals surface area (Å²) in [5, 5.41) is 2.97. The highest BCUT2D eigenvalue weighted by Crippen LogP contribution is 2.33. The second-order valence-corrected chi connectivity index (χ2v) is 7.32. The summed E-state index contributed by atoms with van der Waals surface area (Å²) in [7, 11) is 0. The van der Waals surface area contributed by atoms with Crippen molar-refractivity contribution in [1.29, 1.82) is 0 Å². The van der Waals surface area contributed by atoms with E-state index in [1.165, 1.54) is 0 Å². The van der Waals surface area contributed by atoms with Crippen LogP contribution in [0.1, 0.15) is 18.1 Å². The summed E-state index contributed by atoms with van der Waals surface area (Å²) < 4.78 is 1.03. The number of para-hydroxylation sites is 1. The summed E-state index contributed by atoms with van der Waals surface area (Å²) in [4.78, 5) is 26.6. The Morgan fingerprint density at radius 2 is 1.84 bits per heavy atom. The van der Waals surface area contributed by atoms with Crippen molar-refractivity contribution in [1.82, 2.24) is 0 Å². The Labute approximate surface area is 165 Å². The van der Waals surface area contributed by atoms with Gasteiger partial charge in [-0.1, -0.05) is 36.7 Å². The first-order valence-electron chi connectivity index (χ1n) is 7.83. The van der Waals surface area contributed by atoms with Gasteiger partial charge in [0.25, 0.3) is 11.8 Å². The number of nitrogens with one attached hydrogen (secondary N) is 1. The molecule has 0 unspecified atom stereocenters. The highest BCUT2D eigenvalue weighted by Gasteiger charge is 2.39. The Morgan fingerprint density at radius 3 is 2.52 bits per heavy atom. The number of anilines is 2. The molecular weight excluding hydrogens is 451 g/mol. The molecular formula is C19H16ClIN2O2. The predicted molar refractivity (Wildman–Crippen MR) is 109 cm³/mol. The number of aryl methyl sites for hydroxylation is 2. The van der Waals surface area contributed by atoms with E-state index in [0.29, 0.717) is 5.69 Å². The standard InChI is InChI=1S/C19H16ClIN2O2/c1-3-12-6-4-5-7-14(12)22-17-16(20)18(24)23(19(17)25)15-9-8-13(21)10-11(15)2/h4-10,22H,3H2,1-2H3. The molecule has 0 radical (unpaired) electrons. The zero-order valence-corrected chi connectivity index (χ0v) is 16.7. The van der Waals surface area contributed by atoms with Crippen LogP contribution in [0.25, 0.3) is 0 Å². The fourth-order valence-corrected chi connectivity index (χ4v) is 3.64. The molecule has 1 aliphatic heterocycles. The van der Waals surface area contributed by atoms with E-state index in [1.807, 2.05) is 50.2 Å². The molecule has 4 nitrogen and oxygen atoms in total. The van der Waals surface area contributed by atoms with E-state index in [0.717, 1.165) is 31.7 Å². The molecule has 0 saturated heterocycles. The van der Waals surface area contributed by atoms with Crippen molar-refractivity contribution in [3.05, 3.63) is 67.9 Å². The molecule has 3 rings (SSSR count). The van der Waals surface area contributed by atoms with Gasteiger partial charge >= 0.3 is 0 Å². The first-order valence-corrected chi connectivity index (χ1v) is 9.29. The molecule has 0 atom stereocenters. The van der Waals surface area contributed by atoms with Crippen LogP contribution in [0.2, 0.25) is 0 Å². The molecule has 0 aliphatic carbocycles. The zero-order valence-electron chi connectivity index (χ0n) is 13.8. The van der Waals surface area contributed by atoms with Crippen molar-refractivity contribution in [3.63, 3.8) is 0 Å². The van der Waals surface area contributed by atoms with E-state index in [2.05, 4.69) is 27.9 Å². The third-order valence-electron chi connectivity index (χ3n) is 4.08. The summed E-state index contributed by atoms with van der Waals surface area (Å²) in [5.41, 5.74) is 3.33. The van der Waals surface area contributed by atoms with E-state index < -0.39 is 11.8 Å². The van der Waals surface area contributed by atoms with Gasteiger partial charge in [0.15, 0.2) is 0 Å². The van der Waals surface area contributed by atoms with Gasteiger partial charge in [0.1, 0.15) is 10.7 Å². The van der Waals surface area contributed by atoms with Crippen molar-refractivity contribution in [2.24, 2.45) is 0 Å². The maximum atomic E-state index is 12.9. The Bertz CT molecular complexity index is 908. The van der Waals surface area contributed by atoms with Gasteiger partial charge in [-0.3, -0.25) is 9.59 Å². The largest absolute Gasteiger partial charge is 0.349 e. The molecule has 1 heterocycles. The van der Waals surface area contributed by atoms with Crippen LogP contribution >= 0.6 is 34.2 Å². The third-order valence-corrected chi connectivity index (χ3v) is 5.11. The lowest BCUT2D eigenvalue weighted by molar-refractivity contribution is -0.120. The molecule has 0 fully saturated rings. The molecule has 0 saturated carbocycles. The van der Waals surface area contributed by atoms with Gasteiger partial charge in [-0.25, -0.2) is 4.90 Å². The van der Waals surface area contributed by atoms with Gasteiger partial charge < -0.3 is 5.32 Å². The number of hydrogen-bond acceptors (Lipinski definition) is 3. The number of hydrogen-bond donors (Lipinski definition) is 1. The van der Waals surface area contributed by atoms with E-state index in [9.17, 15) is 9.59 Å². The fourth-order valence-electron chi connectivity index (χ4n) is 2.79. The quantitative estimate of drug-likeness (QED) is 0.529. The van der Waals surface area contributed by atoms with E-state index >= 15 is 0 Å². The highest BCUT2D eigenvalue weighted by atomic mass is 127. The number of rotatable bonds is 4.